The van der Waals surface area contributed by atoms with Gasteiger partial charge in [0.1, 0.15) is 11.6 Å². The number of hydrogen-bond acceptors (Lipinski definition) is 3. The number of rotatable bonds is 6. The van der Waals surface area contributed by atoms with Crippen LogP contribution < -0.4 is 10.1 Å². The van der Waals surface area contributed by atoms with E-state index in [1.807, 2.05) is 0 Å². The average molecular weight is 396 g/mol. The summed E-state index contributed by atoms with van der Waals surface area (Å²) in [7, 11) is 0. The van der Waals surface area contributed by atoms with E-state index in [1.165, 1.54) is 41.1 Å². The molecule has 0 aliphatic rings. The first-order chi connectivity index (χ1) is 12.9. The lowest BCUT2D eigenvalue weighted by molar-refractivity contribution is -0.0498. The predicted octanol–water partition coefficient (Wildman–Crippen LogP) is 4.58. The lowest BCUT2D eigenvalue weighted by atomic mass is 10.2. The van der Waals surface area contributed by atoms with Gasteiger partial charge in [-0.15, -0.1) is 0 Å². The number of hydrogen-bond donors (Lipinski definition) is 1. The van der Waals surface area contributed by atoms with Crippen LogP contribution in [0, 0.1) is 5.82 Å². The van der Waals surface area contributed by atoms with Gasteiger partial charge in [0.15, 0.2) is 5.82 Å². The number of anilines is 1. The van der Waals surface area contributed by atoms with Gasteiger partial charge in [-0.3, -0.25) is 9.48 Å². The highest BCUT2D eigenvalue weighted by molar-refractivity contribution is 6.31. The lowest BCUT2D eigenvalue weighted by Crippen LogP contribution is -2.13. The van der Waals surface area contributed by atoms with Gasteiger partial charge in [0, 0.05) is 28.4 Å². The maximum atomic E-state index is 13.8. The molecule has 27 heavy (non-hydrogen) atoms. The van der Waals surface area contributed by atoms with Crippen LogP contribution in [0.5, 0.6) is 5.75 Å². The Morgan fingerprint density at radius 1 is 1.19 bits per heavy atom. The third-order valence-electron chi connectivity index (χ3n) is 3.61. The number of carbonyl (C=O) groups is 1. The Bertz CT molecular complexity index is 925. The molecule has 0 spiro atoms. The van der Waals surface area contributed by atoms with E-state index < -0.39 is 18.3 Å². The largest absolute Gasteiger partial charge is 0.435 e. The number of carbonyl (C=O) groups excluding carboxylic acids is 1. The van der Waals surface area contributed by atoms with Crippen molar-refractivity contribution in [2.24, 2.45) is 0 Å². The van der Waals surface area contributed by atoms with Crippen LogP contribution >= 0.6 is 11.6 Å². The van der Waals surface area contributed by atoms with Gasteiger partial charge in [-0.25, -0.2) is 4.39 Å². The Morgan fingerprint density at radius 3 is 2.59 bits per heavy atom. The van der Waals surface area contributed by atoms with Gasteiger partial charge in [0.25, 0.3) is 5.91 Å². The first-order valence-electron chi connectivity index (χ1n) is 7.75. The van der Waals surface area contributed by atoms with Crippen molar-refractivity contribution in [3.05, 3.63) is 76.7 Å². The van der Waals surface area contributed by atoms with Crippen LogP contribution in [0.15, 0.2) is 54.7 Å². The molecule has 3 rings (SSSR count). The zero-order valence-corrected chi connectivity index (χ0v) is 14.5. The van der Waals surface area contributed by atoms with Crippen molar-refractivity contribution in [3.8, 4) is 5.75 Å². The number of aromatic nitrogens is 2. The van der Waals surface area contributed by atoms with E-state index in [0.29, 0.717) is 0 Å². The van der Waals surface area contributed by atoms with Crippen LogP contribution in [0.25, 0.3) is 0 Å². The van der Waals surface area contributed by atoms with E-state index in [9.17, 15) is 18.0 Å². The molecule has 1 heterocycles. The van der Waals surface area contributed by atoms with Crippen LogP contribution in [-0.2, 0) is 6.54 Å². The van der Waals surface area contributed by atoms with Crippen LogP contribution in [-0.4, -0.2) is 22.3 Å². The van der Waals surface area contributed by atoms with E-state index in [1.54, 1.807) is 18.3 Å². The second kappa shape index (κ2) is 8.13. The molecular weight excluding hydrogens is 383 g/mol. The maximum absolute atomic E-state index is 13.8. The quantitative estimate of drug-likeness (QED) is 0.664. The molecule has 0 aliphatic carbocycles. The zero-order chi connectivity index (χ0) is 19.4. The number of nitrogens with zero attached hydrogens (tertiary/aromatic N) is 2. The summed E-state index contributed by atoms with van der Waals surface area (Å²) in [5.74, 6) is -0.726. The standard InChI is InChI=1S/C18H13ClF3N3O2/c19-14-2-1-3-15(20)13(14)10-25-9-8-16(24-25)23-17(26)11-4-6-12(7-5-11)27-18(21)22/h1-9,18H,10H2,(H,23,24,26). The van der Waals surface area contributed by atoms with Gasteiger partial charge in [-0.2, -0.15) is 13.9 Å². The first-order valence-corrected chi connectivity index (χ1v) is 8.13. The van der Waals surface area contributed by atoms with Crippen LogP contribution in [0.2, 0.25) is 5.02 Å². The fourth-order valence-electron chi connectivity index (χ4n) is 2.34. The minimum Gasteiger partial charge on any atom is -0.435 e. The molecule has 0 atom stereocenters. The number of amides is 1. The molecule has 1 N–H and O–H groups in total. The molecule has 5 nitrogen and oxygen atoms in total. The SMILES string of the molecule is O=C(Nc1ccn(Cc2c(F)cccc2Cl)n1)c1ccc(OC(F)F)cc1. The smallest absolute Gasteiger partial charge is 0.387 e. The van der Waals surface area contributed by atoms with Gasteiger partial charge in [-0.1, -0.05) is 17.7 Å². The first kappa shape index (κ1) is 18.8. The Morgan fingerprint density at radius 2 is 1.93 bits per heavy atom. The Hall–Kier alpha value is -3.00. The Labute approximate surface area is 157 Å². The van der Waals surface area contributed by atoms with Crippen LogP contribution in [0.4, 0.5) is 19.0 Å². The summed E-state index contributed by atoms with van der Waals surface area (Å²) in [5.41, 5.74) is 0.526. The van der Waals surface area contributed by atoms with Crippen LogP contribution in [0.1, 0.15) is 15.9 Å². The third-order valence-corrected chi connectivity index (χ3v) is 3.96. The summed E-state index contributed by atoms with van der Waals surface area (Å²) in [6.45, 7) is -2.84. The van der Waals surface area contributed by atoms with Crippen molar-refractivity contribution in [1.82, 2.24) is 9.78 Å². The molecule has 0 unspecified atom stereocenters. The van der Waals surface area contributed by atoms with E-state index in [4.69, 9.17) is 11.6 Å². The molecule has 0 aliphatic heterocycles. The van der Waals surface area contributed by atoms with E-state index in [2.05, 4.69) is 15.2 Å². The predicted molar refractivity (Wildman–Crippen MR) is 93.8 cm³/mol. The van der Waals surface area contributed by atoms with Crippen molar-refractivity contribution >= 4 is 23.3 Å². The average Bonchev–Trinajstić information content (AvgIpc) is 3.05. The van der Waals surface area contributed by atoms with Crippen molar-refractivity contribution < 1.29 is 22.7 Å². The van der Waals surface area contributed by atoms with Gasteiger partial charge in [-0.05, 0) is 36.4 Å². The van der Waals surface area contributed by atoms with Crippen molar-refractivity contribution in [2.75, 3.05) is 5.32 Å². The summed E-state index contributed by atoms with van der Waals surface area (Å²) in [6, 6.07) is 11.2. The van der Waals surface area contributed by atoms with Crippen LogP contribution in [0.3, 0.4) is 0 Å². The molecule has 140 valence electrons. The highest BCUT2D eigenvalue weighted by Crippen LogP contribution is 2.20. The van der Waals surface area contributed by atoms with Gasteiger partial charge in [0.2, 0.25) is 0 Å². The highest BCUT2D eigenvalue weighted by Gasteiger charge is 2.12. The molecule has 1 amide bonds. The van der Waals surface area contributed by atoms with Gasteiger partial charge < -0.3 is 10.1 Å². The molecule has 2 aromatic carbocycles. The second-order valence-corrected chi connectivity index (χ2v) is 5.86. The van der Waals surface area contributed by atoms with Crippen molar-refractivity contribution in [3.63, 3.8) is 0 Å². The molecule has 3 aromatic rings. The molecule has 0 saturated carbocycles. The molecule has 0 saturated heterocycles. The topological polar surface area (TPSA) is 56.2 Å². The Balaban J connectivity index is 1.66. The number of nitrogens with one attached hydrogen (secondary N) is 1. The van der Waals surface area contributed by atoms with E-state index in [0.717, 1.165) is 0 Å². The normalized spacial score (nSPS) is 10.9. The molecule has 0 bridgehead atoms. The summed E-state index contributed by atoms with van der Waals surface area (Å²) in [4.78, 5) is 12.2. The minimum atomic E-state index is -2.93. The number of alkyl halides is 2. The monoisotopic (exact) mass is 395 g/mol. The number of benzene rings is 2. The lowest BCUT2D eigenvalue weighted by Gasteiger charge is -2.07. The molecular formula is C18H13ClF3N3O2. The summed E-state index contributed by atoms with van der Waals surface area (Å²) < 4.78 is 43.8. The molecule has 0 fully saturated rings. The van der Waals surface area contributed by atoms with Gasteiger partial charge >= 0.3 is 6.61 Å². The molecule has 9 heteroatoms. The van der Waals surface area contributed by atoms with E-state index in [-0.39, 0.29) is 34.3 Å². The Kier molecular flexibility index (Phi) is 5.66. The summed E-state index contributed by atoms with van der Waals surface area (Å²) in [6.07, 6.45) is 1.57. The van der Waals surface area contributed by atoms with Crippen molar-refractivity contribution in [2.45, 2.75) is 13.2 Å². The van der Waals surface area contributed by atoms with Gasteiger partial charge in [0.05, 0.1) is 6.54 Å². The zero-order valence-electron chi connectivity index (χ0n) is 13.7. The fourth-order valence-corrected chi connectivity index (χ4v) is 2.56. The number of halogens is 4. The maximum Gasteiger partial charge on any atom is 0.387 e. The second-order valence-electron chi connectivity index (χ2n) is 5.46. The minimum absolute atomic E-state index is 0.0485. The molecule has 1 aromatic heterocycles. The summed E-state index contributed by atoms with van der Waals surface area (Å²) in [5, 5.41) is 6.99. The summed E-state index contributed by atoms with van der Waals surface area (Å²) >= 11 is 5.99. The number of ether oxygens (including phenoxy) is 1. The molecule has 0 radical (unpaired) electrons. The third kappa shape index (κ3) is 4.79. The fraction of sp³-hybridized carbons (Fsp3) is 0.111. The van der Waals surface area contributed by atoms with E-state index >= 15 is 0 Å². The highest BCUT2D eigenvalue weighted by atomic mass is 35.5. The van der Waals surface area contributed by atoms with Crippen molar-refractivity contribution in [1.29, 1.82) is 0 Å².